The molecule has 2 unspecified atom stereocenters. The van der Waals surface area contributed by atoms with Crippen molar-refractivity contribution in [3.05, 3.63) is 35.1 Å². The first-order chi connectivity index (χ1) is 9.63. The van der Waals surface area contributed by atoms with Gasteiger partial charge in [-0.25, -0.2) is 4.39 Å². The second-order valence-corrected chi connectivity index (χ2v) is 6.03. The standard InChI is InChI=1S/C17H27FN2/c1-4-9-19-12-14-6-5-10-20(3)17(14)16-8-7-15(18)11-13(16)2/h7-8,11,14,17,19H,4-6,9-10,12H2,1-3H3. The molecule has 0 aromatic heterocycles. The SMILES string of the molecule is CCCNCC1CCCN(C)C1c1ccc(F)cc1C. The van der Waals surface area contributed by atoms with Crippen LogP contribution in [0.1, 0.15) is 43.4 Å². The third kappa shape index (κ3) is 3.58. The van der Waals surface area contributed by atoms with Gasteiger partial charge in [-0.15, -0.1) is 0 Å². The summed E-state index contributed by atoms with van der Waals surface area (Å²) in [4.78, 5) is 2.43. The highest BCUT2D eigenvalue weighted by molar-refractivity contribution is 5.30. The Balaban J connectivity index is 2.18. The van der Waals surface area contributed by atoms with E-state index in [9.17, 15) is 4.39 Å². The lowest BCUT2D eigenvalue weighted by molar-refractivity contribution is 0.119. The number of aryl methyl sites for hydroxylation is 1. The molecule has 1 aliphatic heterocycles. The molecule has 1 saturated heterocycles. The van der Waals surface area contributed by atoms with Gasteiger partial charge in [-0.2, -0.15) is 0 Å². The fraction of sp³-hybridized carbons (Fsp3) is 0.647. The van der Waals surface area contributed by atoms with Crippen LogP contribution in [0.5, 0.6) is 0 Å². The van der Waals surface area contributed by atoms with Gasteiger partial charge in [0.2, 0.25) is 0 Å². The van der Waals surface area contributed by atoms with Gasteiger partial charge in [0.15, 0.2) is 0 Å². The lowest BCUT2D eigenvalue weighted by Crippen LogP contribution is -2.41. The quantitative estimate of drug-likeness (QED) is 0.829. The van der Waals surface area contributed by atoms with Crippen molar-refractivity contribution in [2.75, 3.05) is 26.7 Å². The van der Waals surface area contributed by atoms with Gasteiger partial charge in [-0.3, -0.25) is 4.90 Å². The Kier molecular flexibility index (Phi) is 5.55. The summed E-state index contributed by atoms with van der Waals surface area (Å²) < 4.78 is 13.3. The van der Waals surface area contributed by atoms with Crippen LogP contribution in [0.3, 0.4) is 0 Å². The average molecular weight is 278 g/mol. The molecule has 0 spiro atoms. The highest BCUT2D eigenvalue weighted by atomic mass is 19.1. The molecule has 0 saturated carbocycles. The minimum atomic E-state index is -0.134. The van der Waals surface area contributed by atoms with Crippen LogP contribution in [0.25, 0.3) is 0 Å². The molecule has 112 valence electrons. The molecule has 0 radical (unpaired) electrons. The Bertz CT molecular complexity index is 433. The first-order valence-electron chi connectivity index (χ1n) is 7.80. The van der Waals surface area contributed by atoms with Crippen molar-refractivity contribution in [2.24, 2.45) is 5.92 Å². The van der Waals surface area contributed by atoms with Crippen LogP contribution < -0.4 is 5.32 Å². The molecule has 0 bridgehead atoms. The molecule has 0 aliphatic carbocycles. The Labute approximate surface area is 122 Å². The number of likely N-dealkylation sites (tertiary alicyclic amines) is 1. The van der Waals surface area contributed by atoms with Gasteiger partial charge in [-0.05, 0) is 82.0 Å². The van der Waals surface area contributed by atoms with E-state index < -0.39 is 0 Å². The lowest BCUT2D eigenvalue weighted by atomic mass is 9.83. The first-order valence-corrected chi connectivity index (χ1v) is 7.80. The monoisotopic (exact) mass is 278 g/mol. The van der Waals surface area contributed by atoms with Crippen molar-refractivity contribution in [3.8, 4) is 0 Å². The summed E-state index contributed by atoms with van der Waals surface area (Å²) in [6.45, 7) is 7.49. The fourth-order valence-corrected chi connectivity index (χ4v) is 3.40. The van der Waals surface area contributed by atoms with E-state index in [1.807, 2.05) is 13.0 Å². The highest BCUT2D eigenvalue weighted by Crippen LogP contribution is 2.36. The van der Waals surface area contributed by atoms with E-state index in [2.05, 4.69) is 24.2 Å². The van der Waals surface area contributed by atoms with Gasteiger partial charge in [0.1, 0.15) is 5.82 Å². The zero-order valence-corrected chi connectivity index (χ0v) is 13.0. The molecule has 20 heavy (non-hydrogen) atoms. The van der Waals surface area contributed by atoms with Gasteiger partial charge < -0.3 is 5.32 Å². The highest BCUT2D eigenvalue weighted by Gasteiger charge is 2.31. The smallest absolute Gasteiger partial charge is 0.123 e. The first kappa shape index (κ1) is 15.5. The van der Waals surface area contributed by atoms with Crippen LogP contribution in [-0.2, 0) is 0 Å². The molecule has 1 N–H and O–H groups in total. The molecule has 1 aliphatic rings. The molecule has 2 rings (SSSR count). The Morgan fingerprint density at radius 2 is 2.20 bits per heavy atom. The van der Waals surface area contributed by atoms with E-state index >= 15 is 0 Å². The minimum Gasteiger partial charge on any atom is -0.316 e. The predicted octanol–water partition coefficient (Wildman–Crippen LogP) is 3.52. The molecule has 1 heterocycles. The van der Waals surface area contributed by atoms with Crippen LogP contribution >= 0.6 is 0 Å². The molecular formula is C17H27FN2. The van der Waals surface area contributed by atoms with Crippen LogP contribution in [0.2, 0.25) is 0 Å². The van der Waals surface area contributed by atoms with E-state index in [4.69, 9.17) is 0 Å². The molecule has 2 nitrogen and oxygen atoms in total. The molecule has 1 aromatic rings. The molecule has 1 aromatic carbocycles. The molecule has 1 fully saturated rings. The maximum Gasteiger partial charge on any atom is 0.123 e. The normalized spacial score (nSPS) is 24.0. The minimum absolute atomic E-state index is 0.134. The zero-order valence-electron chi connectivity index (χ0n) is 13.0. The van der Waals surface area contributed by atoms with Crippen LogP contribution in [0, 0.1) is 18.7 Å². The molecule has 2 atom stereocenters. The predicted molar refractivity (Wildman–Crippen MR) is 82.4 cm³/mol. The van der Waals surface area contributed by atoms with Crippen molar-refractivity contribution < 1.29 is 4.39 Å². The number of nitrogens with one attached hydrogen (secondary N) is 1. The number of rotatable bonds is 5. The summed E-state index contributed by atoms with van der Waals surface area (Å²) in [5.74, 6) is 0.481. The lowest BCUT2D eigenvalue weighted by Gasteiger charge is -2.40. The van der Waals surface area contributed by atoms with E-state index in [1.165, 1.54) is 24.8 Å². The van der Waals surface area contributed by atoms with Crippen LogP contribution in [0.4, 0.5) is 4.39 Å². The topological polar surface area (TPSA) is 15.3 Å². The largest absolute Gasteiger partial charge is 0.316 e. The fourth-order valence-electron chi connectivity index (χ4n) is 3.40. The third-order valence-corrected chi connectivity index (χ3v) is 4.39. The summed E-state index contributed by atoms with van der Waals surface area (Å²) in [6.07, 6.45) is 3.68. The summed E-state index contributed by atoms with van der Waals surface area (Å²) in [5.41, 5.74) is 2.36. The second kappa shape index (κ2) is 7.19. The van der Waals surface area contributed by atoms with Crippen molar-refractivity contribution in [1.82, 2.24) is 10.2 Å². The van der Waals surface area contributed by atoms with Gasteiger partial charge in [0.05, 0.1) is 0 Å². The maximum absolute atomic E-state index is 13.3. The van der Waals surface area contributed by atoms with Crippen LogP contribution in [-0.4, -0.2) is 31.6 Å². The van der Waals surface area contributed by atoms with E-state index in [0.29, 0.717) is 12.0 Å². The maximum atomic E-state index is 13.3. The van der Waals surface area contributed by atoms with E-state index in [1.54, 1.807) is 12.1 Å². The van der Waals surface area contributed by atoms with Crippen LogP contribution in [0.15, 0.2) is 18.2 Å². The van der Waals surface area contributed by atoms with Crippen molar-refractivity contribution >= 4 is 0 Å². The number of halogens is 1. The van der Waals surface area contributed by atoms with Crippen molar-refractivity contribution in [2.45, 2.75) is 39.2 Å². The molecule has 0 amide bonds. The van der Waals surface area contributed by atoms with Gasteiger partial charge in [0.25, 0.3) is 0 Å². The Morgan fingerprint density at radius 1 is 1.40 bits per heavy atom. The number of piperidine rings is 1. The number of hydrogen-bond acceptors (Lipinski definition) is 2. The Hall–Kier alpha value is -0.930. The number of benzene rings is 1. The average Bonchev–Trinajstić information content (AvgIpc) is 2.41. The molecule has 3 heteroatoms. The van der Waals surface area contributed by atoms with Crippen molar-refractivity contribution in [1.29, 1.82) is 0 Å². The van der Waals surface area contributed by atoms with E-state index in [0.717, 1.165) is 25.2 Å². The van der Waals surface area contributed by atoms with Crippen molar-refractivity contribution in [3.63, 3.8) is 0 Å². The Morgan fingerprint density at radius 3 is 2.90 bits per heavy atom. The summed E-state index contributed by atoms with van der Waals surface area (Å²) in [7, 11) is 2.19. The van der Waals surface area contributed by atoms with Gasteiger partial charge in [-0.1, -0.05) is 13.0 Å². The van der Waals surface area contributed by atoms with E-state index in [-0.39, 0.29) is 5.82 Å². The zero-order chi connectivity index (χ0) is 14.5. The number of nitrogens with zero attached hydrogens (tertiary/aromatic N) is 1. The number of hydrogen-bond donors (Lipinski definition) is 1. The summed E-state index contributed by atoms with van der Waals surface area (Å²) in [5, 5.41) is 3.56. The second-order valence-electron chi connectivity index (χ2n) is 6.03. The molecular weight excluding hydrogens is 251 g/mol. The van der Waals surface area contributed by atoms with Gasteiger partial charge in [0, 0.05) is 6.04 Å². The summed E-state index contributed by atoms with van der Waals surface area (Å²) >= 11 is 0. The third-order valence-electron chi connectivity index (χ3n) is 4.39. The van der Waals surface area contributed by atoms with Gasteiger partial charge >= 0.3 is 0 Å². The summed E-state index contributed by atoms with van der Waals surface area (Å²) in [6, 6.07) is 5.65.